The quantitative estimate of drug-likeness (QED) is 0.765. The van der Waals surface area contributed by atoms with E-state index in [2.05, 4.69) is 32.9 Å². The molecule has 0 aliphatic rings. The molecule has 2 heteroatoms. The molecular formula is C13H19ClO. The minimum absolute atomic E-state index is 0.106. The molecule has 15 heavy (non-hydrogen) atoms. The fourth-order valence-electron chi connectivity index (χ4n) is 1.55. The molecular weight excluding hydrogens is 208 g/mol. The van der Waals surface area contributed by atoms with Crippen LogP contribution >= 0.6 is 11.6 Å². The molecule has 1 nitrogen and oxygen atoms in total. The molecule has 0 radical (unpaired) electrons. The normalized spacial score (nSPS) is 14.0. The van der Waals surface area contributed by atoms with E-state index in [9.17, 15) is 5.11 Å². The Morgan fingerprint density at radius 2 is 1.93 bits per heavy atom. The van der Waals surface area contributed by atoms with Gasteiger partial charge < -0.3 is 5.11 Å². The number of rotatable bonds is 2. The lowest BCUT2D eigenvalue weighted by Crippen LogP contribution is -2.13. The molecule has 0 saturated heterocycles. The van der Waals surface area contributed by atoms with Gasteiger partial charge in [0, 0.05) is 0 Å². The Labute approximate surface area is 97.1 Å². The Bertz CT molecular complexity index is 339. The lowest BCUT2D eigenvalue weighted by molar-refractivity contribution is 0.201. The molecule has 0 aliphatic heterocycles. The Hall–Kier alpha value is -0.530. The monoisotopic (exact) mass is 226 g/mol. The zero-order valence-corrected chi connectivity index (χ0v) is 10.6. The second kappa shape index (κ2) is 4.54. The van der Waals surface area contributed by atoms with Crippen molar-refractivity contribution < 1.29 is 5.11 Å². The average molecular weight is 227 g/mol. The van der Waals surface area contributed by atoms with Gasteiger partial charge in [-0.15, -0.1) is 11.6 Å². The van der Waals surface area contributed by atoms with Crippen LogP contribution < -0.4 is 0 Å². The maximum atomic E-state index is 9.77. The van der Waals surface area contributed by atoms with Gasteiger partial charge in [-0.1, -0.05) is 39.0 Å². The van der Waals surface area contributed by atoms with Gasteiger partial charge in [-0.3, -0.25) is 0 Å². The van der Waals surface area contributed by atoms with Crippen molar-refractivity contribution in [3.63, 3.8) is 0 Å². The Balaban J connectivity index is 3.17. The molecule has 0 saturated carbocycles. The molecule has 1 aromatic rings. The third-order valence-corrected chi connectivity index (χ3v) is 2.94. The predicted octanol–water partition coefficient (Wildman–Crippen LogP) is 3.56. The summed E-state index contributed by atoms with van der Waals surface area (Å²) in [6, 6.07) is 6.22. The van der Waals surface area contributed by atoms with Crippen molar-refractivity contribution in [3.05, 3.63) is 34.9 Å². The van der Waals surface area contributed by atoms with Crippen LogP contribution in [0.1, 0.15) is 43.6 Å². The van der Waals surface area contributed by atoms with E-state index in [0.29, 0.717) is 0 Å². The van der Waals surface area contributed by atoms with Crippen LogP contribution in [0.25, 0.3) is 0 Å². The molecule has 1 N–H and O–H groups in total. The summed E-state index contributed by atoms with van der Waals surface area (Å²) in [6.45, 7) is 8.48. The first-order valence-corrected chi connectivity index (χ1v) is 5.74. The lowest BCUT2D eigenvalue weighted by Gasteiger charge is -2.22. The minimum atomic E-state index is -0.561. The van der Waals surface area contributed by atoms with Crippen LogP contribution in [0.15, 0.2) is 18.2 Å². The van der Waals surface area contributed by atoms with Gasteiger partial charge in [0.25, 0.3) is 0 Å². The van der Waals surface area contributed by atoms with Crippen LogP contribution in [0.4, 0.5) is 0 Å². The van der Waals surface area contributed by atoms with E-state index in [0.717, 1.165) is 11.1 Å². The Morgan fingerprint density at radius 1 is 1.33 bits per heavy atom. The molecule has 0 aliphatic carbocycles. The zero-order chi connectivity index (χ0) is 11.6. The van der Waals surface area contributed by atoms with Gasteiger partial charge in [0.05, 0.1) is 12.0 Å². The first-order valence-electron chi connectivity index (χ1n) is 5.21. The summed E-state index contributed by atoms with van der Waals surface area (Å²) < 4.78 is 0. The molecule has 1 atom stereocenters. The molecule has 0 bridgehead atoms. The zero-order valence-electron chi connectivity index (χ0n) is 9.84. The molecule has 0 fully saturated rings. The summed E-state index contributed by atoms with van der Waals surface area (Å²) in [4.78, 5) is 0. The van der Waals surface area contributed by atoms with Gasteiger partial charge >= 0.3 is 0 Å². The summed E-state index contributed by atoms with van der Waals surface area (Å²) in [5.41, 5.74) is 3.37. The van der Waals surface area contributed by atoms with Crippen LogP contribution in [0.5, 0.6) is 0 Å². The number of aliphatic hydroxyl groups is 1. The fourth-order valence-corrected chi connectivity index (χ4v) is 1.72. The highest BCUT2D eigenvalue weighted by Crippen LogP contribution is 2.27. The molecule has 1 aromatic carbocycles. The van der Waals surface area contributed by atoms with E-state index in [1.807, 2.05) is 13.0 Å². The molecule has 0 amide bonds. The van der Waals surface area contributed by atoms with Gasteiger partial charge in [0.1, 0.15) is 0 Å². The summed E-state index contributed by atoms with van der Waals surface area (Å²) in [6.07, 6.45) is -0.561. The SMILES string of the molecule is Cc1ccc(C(C)(C)C)cc1C(O)CCl. The number of alkyl halides is 1. The predicted molar refractivity (Wildman–Crippen MR) is 65.6 cm³/mol. The van der Waals surface area contributed by atoms with Crippen molar-refractivity contribution in [3.8, 4) is 0 Å². The first-order chi connectivity index (χ1) is 6.86. The molecule has 1 rings (SSSR count). The number of hydrogen-bond donors (Lipinski definition) is 1. The fraction of sp³-hybridized carbons (Fsp3) is 0.538. The maximum absolute atomic E-state index is 9.77. The van der Waals surface area contributed by atoms with E-state index < -0.39 is 6.10 Å². The summed E-state index contributed by atoms with van der Waals surface area (Å²) in [5.74, 6) is 0.244. The summed E-state index contributed by atoms with van der Waals surface area (Å²) in [7, 11) is 0. The summed E-state index contributed by atoms with van der Waals surface area (Å²) in [5, 5.41) is 9.77. The number of aliphatic hydroxyl groups excluding tert-OH is 1. The number of aryl methyl sites for hydroxylation is 1. The lowest BCUT2D eigenvalue weighted by atomic mass is 9.84. The van der Waals surface area contributed by atoms with Crippen molar-refractivity contribution in [1.82, 2.24) is 0 Å². The maximum Gasteiger partial charge on any atom is 0.0927 e. The number of benzene rings is 1. The van der Waals surface area contributed by atoms with Gasteiger partial charge in [-0.2, -0.15) is 0 Å². The molecule has 0 spiro atoms. The van der Waals surface area contributed by atoms with Crippen LogP contribution in [0.3, 0.4) is 0 Å². The third-order valence-electron chi connectivity index (χ3n) is 2.65. The van der Waals surface area contributed by atoms with Crippen LogP contribution in [-0.2, 0) is 5.41 Å². The first kappa shape index (κ1) is 12.5. The highest BCUT2D eigenvalue weighted by molar-refractivity contribution is 6.18. The van der Waals surface area contributed by atoms with E-state index in [1.54, 1.807) is 0 Å². The van der Waals surface area contributed by atoms with Gasteiger partial charge in [-0.05, 0) is 29.0 Å². The van der Waals surface area contributed by atoms with E-state index in [1.165, 1.54) is 5.56 Å². The smallest absolute Gasteiger partial charge is 0.0927 e. The van der Waals surface area contributed by atoms with E-state index in [4.69, 9.17) is 11.6 Å². The standard InChI is InChI=1S/C13H19ClO/c1-9-5-6-10(13(2,3)4)7-11(9)12(15)8-14/h5-7,12,15H,8H2,1-4H3. The van der Waals surface area contributed by atoms with Crippen LogP contribution in [-0.4, -0.2) is 11.0 Å². The molecule has 0 aromatic heterocycles. The van der Waals surface area contributed by atoms with Crippen molar-refractivity contribution in [1.29, 1.82) is 0 Å². The highest BCUT2D eigenvalue weighted by Gasteiger charge is 2.17. The molecule has 1 unspecified atom stereocenters. The second-order valence-corrected chi connectivity index (χ2v) is 5.30. The average Bonchev–Trinajstić information content (AvgIpc) is 2.15. The largest absolute Gasteiger partial charge is 0.387 e. The van der Waals surface area contributed by atoms with Crippen molar-refractivity contribution in [2.45, 2.75) is 39.2 Å². The van der Waals surface area contributed by atoms with E-state index in [-0.39, 0.29) is 11.3 Å². The molecule has 84 valence electrons. The highest BCUT2D eigenvalue weighted by atomic mass is 35.5. The number of halogens is 1. The van der Waals surface area contributed by atoms with Gasteiger partial charge in [-0.25, -0.2) is 0 Å². The van der Waals surface area contributed by atoms with E-state index >= 15 is 0 Å². The van der Waals surface area contributed by atoms with Gasteiger partial charge in [0.2, 0.25) is 0 Å². The number of hydrogen-bond acceptors (Lipinski definition) is 1. The van der Waals surface area contributed by atoms with Crippen molar-refractivity contribution in [2.24, 2.45) is 0 Å². The minimum Gasteiger partial charge on any atom is -0.387 e. The third kappa shape index (κ3) is 2.96. The van der Waals surface area contributed by atoms with Crippen LogP contribution in [0, 0.1) is 6.92 Å². The van der Waals surface area contributed by atoms with Gasteiger partial charge in [0.15, 0.2) is 0 Å². The Kier molecular flexibility index (Phi) is 3.80. The second-order valence-electron chi connectivity index (χ2n) is 4.99. The van der Waals surface area contributed by atoms with Crippen molar-refractivity contribution in [2.75, 3.05) is 5.88 Å². The topological polar surface area (TPSA) is 20.2 Å². The van der Waals surface area contributed by atoms with Crippen molar-refractivity contribution >= 4 is 11.6 Å². The Morgan fingerprint density at radius 3 is 2.40 bits per heavy atom. The van der Waals surface area contributed by atoms with Crippen LogP contribution in [0.2, 0.25) is 0 Å². The molecule has 0 heterocycles. The summed E-state index contributed by atoms with van der Waals surface area (Å²) >= 11 is 5.68.